The zero-order valence-corrected chi connectivity index (χ0v) is 21.1. The van der Waals surface area contributed by atoms with E-state index < -0.39 is 10.0 Å². The minimum absolute atomic E-state index is 0.0492. The summed E-state index contributed by atoms with van der Waals surface area (Å²) in [5, 5.41) is 0. The van der Waals surface area contributed by atoms with Gasteiger partial charge in [-0.2, -0.15) is 4.31 Å². The van der Waals surface area contributed by atoms with Gasteiger partial charge in [0.15, 0.2) is 0 Å². The Morgan fingerprint density at radius 3 is 2.29 bits per heavy atom. The van der Waals surface area contributed by atoms with Crippen LogP contribution in [-0.4, -0.2) is 90.2 Å². The van der Waals surface area contributed by atoms with Crippen molar-refractivity contribution in [3.8, 4) is 11.5 Å². The Hall–Kier alpha value is -2.82. The highest BCUT2D eigenvalue weighted by Crippen LogP contribution is 2.29. The number of carbonyl (C=O) groups excluding carboxylic acids is 1. The molecule has 0 aliphatic carbocycles. The van der Waals surface area contributed by atoms with Crippen LogP contribution in [0.1, 0.15) is 12.0 Å². The van der Waals surface area contributed by atoms with Crippen molar-refractivity contribution in [2.75, 3.05) is 71.6 Å². The number of piperazine rings is 1. The van der Waals surface area contributed by atoms with Crippen LogP contribution in [0.3, 0.4) is 0 Å². The average Bonchev–Trinajstić information content (AvgIpc) is 2.92. The Bertz CT molecular complexity index is 1130. The molecule has 2 aliphatic rings. The maximum Gasteiger partial charge on any atom is 0.243 e. The molecule has 2 heterocycles. The number of morpholine rings is 1. The van der Waals surface area contributed by atoms with E-state index in [0.29, 0.717) is 57.1 Å². The first kappa shape index (κ1) is 25.3. The minimum atomic E-state index is -3.62. The Balaban J connectivity index is 1.38. The van der Waals surface area contributed by atoms with Crippen LogP contribution >= 0.6 is 0 Å². The zero-order valence-electron chi connectivity index (χ0n) is 20.3. The molecule has 190 valence electrons. The van der Waals surface area contributed by atoms with Crippen LogP contribution in [0, 0.1) is 0 Å². The third kappa shape index (κ3) is 5.71. The number of rotatable bonds is 8. The number of sulfonamides is 1. The number of methoxy groups -OCH3 is 2. The largest absolute Gasteiger partial charge is 0.496 e. The molecule has 0 bridgehead atoms. The Morgan fingerprint density at radius 2 is 1.60 bits per heavy atom. The third-order valence-corrected chi connectivity index (χ3v) is 8.42. The van der Waals surface area contributed by atoms with Crippen LogP contribution < -0.4 is 14.4 Å². The number of aryl methyl sites for hydroxylation is 1. The minimum Gasteiger partial charge on any atom is -0.496 e. The van der Waals surface area contributed by atoms with Crippen LogP contribution in [0.5, 0.6) is 11.5 Å². The van der Waals surface area contributed by atoms with Gasteiger partial charge < -0.3 is 24.0 Å². The van der Waals surface area contributed by atoms with Crippen LogP contribution in [0.25, 0.3) is 0 Å². The molecule has 2 aromatic carbocycles. The predicted molar refractivity (Wildman–Crippen MR) is 133 cm³/mol. The number of anilines is 1. The van der Waals surface area contributed by atoms with E-state index >= 15 is 0 Å². The molecular weight excluding hydrogens is 470 g/mol. The molecule has 2 fully saturated rings. The van der Waals surface area contributed by atoms with Crippen LogP contribution in [-0.2, 0) is 26.0 Å². The topological polar surface area (TPSA) is 88.6 Å². The fraction of sp³-hybridized carbons (Fsp3) is 0.480. The maximum absolute atomic E-state index is 13.1. The molecule has 10 heteroatoms. The number of para-hydroxylation sites is 2. The maximum atomic E-state index is 13.1. The summed E-state index contributed by atoms with van der Waals surface area (Å²) >= 11 is 0. The summed E-state index contributed by atoms with van der Waals surface area (Å²) in [5.74, 6) is 1.46. The lowest BCUT2D eigenvalue weighted by atomic mass is 10.1. The van der Waals surface area contributed by atoms with Gasteiger partial charge in [-0.05, 0) is 42.3 Å². The quantitative estimate of drug-likeness (QED) is 0.545. The van der Waals surface area contributed by atoms with Gasteiger partial charge in [-0.3, -0.25) is 4.79 Å². The molecule has 2 aromatic rings. The van der Waals surface area contributed by atoms with Gasteiger partial charge >= 0.3 is 0 Å². The van der Waals surface area contributed by atoms with Gasteiger partial charge in [-0.15, -0.1) is 0 Å². The summed E-state index contributed by atoms with van der Waals surface area (Å²) < 4.78 is 43.8. The molecule has 0 radical (unpaired) electrons. The van der Waals surface area contributed by atoms with Crippen molar-refractivity contribution in [3.63, 3.8) is 0 Å². The second-order valence-corrected chi connectivity index (χ2v) is 10.5. The number of nitrogens with zero attached hydrogens (tertiary/aromatic N) is 3. The Morgan fingerprint density at radius 1 is 0.914 bits per heavy atom. The Kier molecular flexibility index (Phi) is 8.15. The third-order valence-electron chi connectivity index (χ3n) is 6.53. The number of hydrogen-bond donors (Lipinski definition) is 0. The van der Waals surface area contributed by atoms with Gasteiger partial charge in [0.25, 0.3) is 0 Å². The van der Waals surface area contributed by atoms with E-state index in [4.69, 9.17) is 14.2 Å². The van der Waals surface area contributed by atoms with Crippen molar-refractivity contribution in [3.05, 3.63) is 48.0 Å². The lowest BCUT2D eigenvalue weighted by molar-refractivity contribution is -0.131. The molecule has 0 saturated carbocycles. The van der Waals surface area contributed by atoms with E-state index in [0.717, 1.165) is 24.5 Å². The summed E-state index contributed by atoms with van der Waals surface area (Å²) in [4.78, 5) is 17.3. The second kappa shape index (κ2) is 11.3. The van der Waals surface area contributed by atoms with Gasteiger partial charge in [0.2, 0.25) is 15.9 Å². The van der Waals surface area contributed by atoms with Crippen molar-refractivity contribution in [1.82, 2.24) is 9.21 Å². The second-order valence-electron chi connectivity index (χ2n) is 8.53. The molecule has 0 aromatic heterocycles. The van der Waals surface area contributed by atoms with Gasteiger partial charge in [0.05, 0.1) is 38.0 Å². The molecule has 0 atom stereocenters. The van der Waals surface area contributed by atoms with E-state index in [2.05, 4.69) is 4.90 Å². The lowest BCUT2D eigenvalue weighted by Crippen LogP contribution is -2.49. The number of amides is 1. The summed E-state index contributed by atoms with van der Waals surface area (Å²) in [6.45, 7) is 4.15. The van der Waals surface area contributed by atoms with Crippen molar-refractivity contribution in [2.45, 2.75) is 17.7 Å². The van der Waals surface area contributed by atoms with Crippen LogP contribution in [0.15, 0.2) is 47.4 Å². The molecule has 2 aliphatic heterocycles. The van der Waals surface area contributed by atoms with Crippen LogP contribution in [0.4, 0.5) is 5.69 Å². The fourth-order valence-corrected chi connectivity index (χ4v) is 5.99. The van der Waals surface area contributed by atoms with Gasteiger partial charge in [0, 0.05) is 45.7 Å². The molecular formula is C25H33N3O6S. The normalized spacial score (nSPS) is 17.3. The zero-order chi connectivity index (χ0) is 24.8. The first-order valence-electron chi connectivity index (χ1n) is 11.8. The molecule has 9 nitrogen and oxygen atoms in total. The Labute approximate surface area is 207 Å². The van der Waals surface area contributed by atoms with Gasteiger partial charge in [0.1, 0.15) is 11.5 Å². The number of carbonyl (C=O) groups is 1. The summed E-state index contributed by atoms with van der Waals surface area (Å²) in [5.41, 5.74) is 1.74. The average molecular weight is 504 g/mol. The molecule has 0 N–H and O–H groups in total. The van der Waals surface area contributed by atoms with Crippen molar-refractivity contribution in [1.29, 1.82) is 0 Å². The lowest BCUT2D eigenvalue weighted by Gasteiger charge is -2.36. The number of benzene rings is 2. The highest BCUT2D eigenvalue weighted by molar-refractivity contribution is 7.89. The number of hydrogen-bond acceptors (Lipinski definition) is 7. The van der Waals surface area contributed by atoms with E-state index in [9.17, 15) is 13.2 Å². The van der Waals surface area contributed by atoms with Gasteiger partial charge in [-0.1, -0.05) is 12.1 Å². The molecule has 1 amide bonds. The van der Waals surface area contributed by atoms with Crippen molar-refractivity contribution < 1.29 is 27.4 Å². The highest BCUT2D eigenvalue weighted by Gasteiger charge is 2.28. The van der Waals surface area contributed by atoms with Crippen molar-refractivity contribution in [2.24, 2.45) is 0 Å². The molecule has 0 spiro atoms. The van der Waals surface area contributed by atoms with Crippen LogP contribution in [0.2, 0.25) is 0 Å². The molecule has 0 unspecified atom stereocenters. The number of ether oxygens (including phenoxy) is 3. The SMILES string of the molecule is COc1ccc(S(=O)(=O)N2CCOCC2)cc1CCC(=O)N1CCN(c2ccccc2OC)CC1. The first-order valence-corrected chi connectivity index (χ1v) is 13.3. The smallest absolute Gasteiger partial charge is 0.243 e. The van der Waals surface area contributed by atoms with Crippen molar-refractivity contribution >= 4 is 21.6 Å². The van der Waals surface area contributed by atoms with E-state index in [1.807, 2.05) is 29.2 Å². The molecule has 4 rings (SSSR count). The first-order chi connectivity index (χ1) is 16.9. The summed E-state index contributed by atoms with van der Waals surface area (Å²) in [6.07, 6.45) is 0.688. The molecule has 35 heavy (non-hydrogen) atoms. The van der Waals surface area contributed by atoms with E-state index in [1.165, 1.54) is 4.31 Å². The summed E-state index contributed by atoms with van der Waals surface area (Å²) in [7, 11) is -0.410. The fourth-order valence-electron chi connectivity index (χ4n) is 4.53. The highest BCUT2D eigenvalue weighted by atomic mass is 32.2. The summed E-state index contributed by atoms with van der Waals surface area (Å²) in [6, 6.07) is 12.8. The van der Waals surface area contributed by atoms with E-state index in [-0.39, 0.29) is 17.2 Å². The monoisotopic (exact) mass is 503 g/mol. The van der Waals surface area contributed by atoms with E-state index in [1.54, 1.807) is 32.4 Å². The molecule has 2 saturated heterocycles. The standard InChI is InChI=1S/C25H33N3O6S/c1-32-23-9-8-21(35(30,31)28-15-17-34-18-16-28)19-20(23)7-10-25(29)27-13-11-26(12-14-27)22-5-3-4-6-24(22)33-2/h3-6,8-9,19H,7,10-18H2,1-2H3. The predicted octanol–water partition coefficient (Wildman–Crippen LogP) is 2.01. The van der Waals surface area contributed by atoms with Gasteiger partial charge in [-0.25, -0.2) is 8.42 Å².